The molecule has 0 unspecified atom stereocenters. The van der Waals surface area contributed by atoms with Gasteiger partial charge in [-0.15, -0.1) is 0 Å². The molecule has 2 N–H and O–H groups in total. The predicted octanol–water partition coefficient (Wildman–Crippen LogP) is 2.68. The summed E-state index contributed by atoms with van der Waals surface area (Å²) in [7, 11) is 0. The topological polar surface area (TPSA) is 53.6 Å². The van der Waals surface area contributed by atoms with Gasteiger partial charge in [0, 0.05) is 32.2 Å². The van der Waals surface area contributed by atoms with Crippen molar-refractivity contribution in [2.24, 2.45) is 0 Å². The van der Waals surface area contributed by atoms with E-state index in [0.717, 1.165) is 24.2 Å². The third-order valence-corrected chi connectivity index (χ3v) is 5.38. The second-order valence-electron chi connectivity index (χ2n) is 7.51. The summed E-state index contributed by atoms with van der Waals surface area (Å²) in [6, 6.07) is 12.5. The summed E-state index contributed by atoms with van der Waals surface area (Å²) in [6.07, 6.45) is 0.644. The zero-order valence-corrected chi connectivity index (χ0v) is 17.2. The van der Waals surface area contributed by atoms with Crippen molar-refractivity contribution in [2.45, 2.75) is 25.4 Å². The molecule has 1 aliphatic heterocycles. The summed E-state index contributed by atoms with van der Waals surface area (Å²) < 4.78 is 31.8. The number of morpholine rings is 1. The molecule has 5 nitrogen and oxygen atoms in total. The molecule has 1 saturated heterocycles. The van der Waals surface area contributed by atoms with Crippen LogP contribution in [0.2, 0.25) is 0 Å². The molecule has 1 aliphatic rings. The molecule has 3 rings (SSSR count). The standard InChI is InChI=1S/C23H29F2N3O2/c1-17(23(29)26-11-10-18-2-6-20(24)7-3-18)27-16-22(28-12-14-30-15-13-28)19-4-8-21(25)9-5-19/h2-9,17,22,27H,10-16H2,1H3,(H,26,29)/t17-,22+/m1/s1. The molecule has 2 aromatic carbocycles. The Labute approximate surface area is 176 Å². The molecule has 7 heteroatoms. The summed E-state index contributed by atoms with van der Waals surface area (Å²) in [5.74, 6) is -0.616. The van der Waals surface area contributed by atoms with Crippen LogP contribution in [0.4, 0.5) is 8.78 Å². The first-order chi connectivity index (χ1) is 14.5. The first-order valence-corrected chi connectivity index (χ1v) is 10.4. The number of nitrogens with one attached hydrogen (secondary N) is 2. The second-order valence-corrected chi connectivity index (χ2v) is 7.51. The third kappa shape index (κ3) is 6.58. The highest BCUT2D eigenvalue weighted by Crippen LogP contribution is 2.22. The molecule has 0 aliphatic carbocycles. The number of carbonyl (C=O) groups is 1. The van der Waals surface area contributed by atoms with Crippen molar-refractivity contribution in [1.29, 1.82) is 0 Å². The maximum atomic E-state index is 13.4. The summed E-state index contributed by atoms with van der Waals surface area (Å²) in [4.78, 5) is 14.7. The van der Waals surface area contributed by atoms with Gasteiger partial charge < -0.3 is 15.4 Å². The lowest BCUT2D eigenvalue weighted by Gasteiger charge is -2.35. The van der Waals surface area contributed by atoms with Gasteiger partial charge in [0.1, 0.15) is 11.6 Å². The Morgan fingerprint density at radius 3 is 2.27 bits per heavy atom. The van der Waals surface area contributed by atoms with Crippen LogP contribution in [0.5, 0.6) is 0 Å². The van der Waals surface area contributed by atoms with Crippen LogP contribution in [0.15, 0.2) is 48.5 Å². The van der Waals surface area contributed by atoms with E-state index >= 15 is 0 Å². The number of nitrogens with zero attached hydrogens (tertiary/aromatic N) is 1. The van der Waals surface area contributed by atoms with Crippen LogP contribution < -0.4 is 10.6 Å². The van der Waals surface area contributed by atoms with Gasteiger partial charge in [-0.1, -0.05) is 24.3 Å². The molecule has 1 fully saturated rings. The van der Waals surface area contributed by atoms with E-state index in [0.29, 0.717) is 32.7 Å². The van der Waals surface area contributed by atoms with Gasteiger partial charge in [-0.05, 0) is 48.7 Å². The van der Waals surface area contributed by atoms with Gasteiger partial charge in [-0.25, -0.2) is 8.78 Å². The lowest BCUT2D eigenvalue weighted by atomic mass is 10.0. The van der Waals surface area contributed by atoms with Crippen LogP contribution in [0, 0.1) is 11.6 Å². The van der Waals surface area contributed by atoms with E-state index in [9.17, 15) is 13.6 Å². The molecule has 0 spiro atoms. The minimum Gasteiger partial charge on any atom is -0.379 e. The fourth-order valence-electron chi connectivity index (χ4n) is 3.55. The lowest BCUT2D eigenvalue weighted by molar-refractivity contribution is -0.122. The maximum absolute atomic E-state index is 13.4. The Kier molecular flexibility index (Phi) is 8.30. The molecule has 1 heterocycles. The van der Waals surface area contributed by atoms with E-state index < -0.39 is 0 Å². The highest BCUT2D eigenvalue weighted by atomic mass is 19.1. The first-order valence-electron chi connectivity index (χ1n) is 10.4. The monoisotopic (exact) mass is 417 g/mol. The number of hydrogen-bond acceptors (Lipinski definition) is 4. The van der Waals surface area contributed by atoms with Crippen LogP contribution in [0.25, 0.3) is 0 Å². The van der Waals surface area contributed by atoms with Crippen molar-refractivity contribution >= 4 is 5.91 Å². The minimum atomic E-state index is -0.373. The molecule has 0 saturated carbocycles. The van der Waals surface area contributed by atoms with Crippen LogP contribution >= 0.6 is 0 Å². The Balaban J connectivity index is 1.51. The van der Waals surface area contributed by atoms with E-state index in [1.54, 1.807) is 24.3 Å². The van der Waals surface area contributed by atoms with Crippen molar-refractivity contribution in [3.05, 3.63) is 71.3 Å². The van der Waals surface area contributed by atoms with Gasteiger partial charge in [0.15, 0.2) is 0 Å². The van der Waals surface area contributed by atoms with Crippen molar-refractivity contribution in [3.8, 4) is 0 Å². The average Bonchev–Trinajstić information content (AvgIpc) is 2.77. The van der Waals surface area contributed by atoms with E-state index in [-0.39, 0.29) is 29.6 Å². The summed E-state index contributed by atoms with van der Waals surface area (Å²) in [5, 5.41) is 6.23. The third-order valence-electron chi connectivity index (χ3n) is 5.38. The van der Waals surface area contributed by atoms with Crippen LogP contribution in [-0.2, 0) is 16.0 Å². The molecule has 162 valence electrons. The maximum Gasteiger partial charge on any atom is 0.236 e. The predicted molar refractivity (Wildman–Crippen MR) is 112 cm³/mol. The average molecular weight is 418 g/mol. The minimum absolute atomic E-state index is 0.0314. The van der Waals surface area contributed by atoms with E-state index in [4.69, 9.17) is 4.74 Å². The summed E-state index contributed by atoms with van der Waals surface area (Å²) >= 11 is 0. The summed E-state index contributed by atoms with van der Waals surface area (Å²) in [6.45, 7) is 5.80. The molecular formula is C23H29F2N3O2. The zero-order valence-electron chi connectivity index (χ0n) is 17.2. The molecule has 0 bridgehead atoms. The number of rotatable bonds is 9. The van der Waals surface area contributed by atoms with E-state index in [2.05, 4.69) is 15.5 Å². The van der Waals surface area contributed by atoms with Gasteiger partial charge in [0.05, 0.1) is 19.3 Å². The fourth-order valence-corrected chi connectivity index (χ4v) is 3.55. The number of carbonyl (C=O) groups excluding carboxylic acids is 1. The highest BCUT2D eigenvalue weighted by molar-refractivity contribution is 5.81. The number of benzene rings is 2. The first kappa shape index (κ1) is 22.3. The van der Waals surface area contributed by atoms with E-state index in [1.807, 2.05) is 6.92 Å². The Morgan fingerprint density at radius 1 is 1.03 bits per heavy atom. The molecule has 2 aromatic rings. The van der Waals surface area contributed by atoms with Gasteiger partial charge in [-0.3, -0.25) is 9.69 Å². The van der Waals surface area contributed by atoms with Gasteiger partial charge in [0.2, 0.25) is 5.91 Å². The van der Waals surface area contributed by atoms with Gasteiger partial charge >= 0.3 is 0 Å². The SMILES string of the molecule is C[C@@H](NC[C@@H](c1ccc(F)cc1)N1CCOCC1)C(=O)NCCc1ccc(F)cc1. The van der Waals surface area contributed by atoms with Gasteiger partial charge in [0.25, 0.3) is 0 Å². The normalized spacial score (nSPS) is 16.8. The molecule has 30 heavy (non-hydrogen) atoms. The largest absolute Gasteiger partial charge is 0.379 e. The van der Waals surface area contributed by atoms with E-state index in [1.165, 1.54) is 24.3 Å². The second kappa shape index (κ2) is 11.2. The molecular weight excluding hydrogens is 388 g/mol. The quantitative estimate of drug-likeness (QED) is 0.659. The Morgan fingerprint density at radius 2 is 1.63 bits per heavy atom. The number of ether oxygens (including phenoxy) is 1. The molecule has 1 amide bonds. The van der Waals surface area contributed by atoms with Crippen LogP contribution in [-0.4, -0.2) is 56.2 Å². The van der Waals surface area contributed by atoms with Gasteiger partial charge in [-0.2, -0.15) is 0 Å². The molecule has 2 atom stereocenters. The highest BCUT2D eigenvalue weighted by Gasteiger charge is 2.24. The lowest BCUT2D eigenvalue weighted by Crippen LogP contribution is -2.48. The number of amides is 1. The summed E-state index contributed by atoms with van der Waals surface area (Å²) in [5.41, 5.74) is 1.98. The van der Waals surface area contributed by atoms with Crippen LogP contribution in [0.3, 0.4) is 0 Å². The molecule has 0 radical (unpaired) electrons. The van der Waals surface area contributed by atoms with Crippen molar-refractivity contribution in [3.63, 3.8) is 0 Å². The smallest absolute Gasteiger partial charge is 0.236 e. The fraction of sp³-hybridized carbons (Fsp3) is 0.435. The zero-order chi connectivity index (χ0) is 21.3. The number of halogens is 2. The van der Waals surface area contributed by atoms with Crippen molar-refractivity contribution in [2.75, 3.05) is 39.4 Å². The number of hydrogen-bond donors (Lipinski definition) is 2. The Bertz CT molecular complexity index is 793. The molecule has 0 aromatic heterocycles. The van der Waals surface area contributed by atoms with Crippen LogP contribution in [0.1, 0.15) is 24.1 Å². The van der Waals surface area contributed by atoms with Crippen molar-refractivity contribution < 1.29 is 18.3 Å². The Hall–Kier alpha value is -2.35. The van der Waals surface area contributed by atoms with Crippen molar-refractivity contribution in [1.82, 2.24) is 15.5 Å².